The molecule has 1 N–H and O–H groups in total. The quantitative estimate of drug-likeness (QED) is 0.612. The molecule has 0 amide bonds. The van der Waals surface area contributed by atoms with Crippen molar-refractivity contribution in [2.45, 2.75) is 12.8 Å². The molecule has 1 aromatic rings. The third kappa shape index (κ3) is 1.93. The second-order valence-electron chi connectivity index (χ2n) is 3.40. The van der Waals surface area contributed by atoms with Gasteiger partial charge in [-0.1, -0.05) is 5.16 Å². The van der Waals surface area contributed by atoms with Crippen LogP contribution in [0, 0.1) is 0 Å². The second kappa shape index (κ2) is 4.29. The first-order valence-electron chi connectivity index (χ1n) is 4.88. The fourth-order valence-corrected chi connectivity index (χ4v) is 1.80. The number of nitrogens with zero attached hydrogens (tertiary/aromatic N) is 1. The maximum absolute atomic E-state index is 11.9. The molecule has 0 aliphatic heterocycles. The van der Waals surface area contributed by atoms with Crippen LogP contribution in [0.3, 0.4) is 0 Å². The number of aryl methyl sites for hydroxylation is 1. The molecule has 1 aliphatic rings. The van der Waals surface area contributed by atoms with Crippen LogP contribution in [0.5, 0.6) is 5.75 Å². The number of hydrogen-bond acceptors (Lipinski definition) is 3. The van der Waals surface area contributed by atoms with Crippen molar-refractivity contribution in [1.82, 2.24) is 0 Å². The predicted molar refractivity (Wildman–Crippen MR) is 54.6 cm³/mol. The van der Waals surface area contributed by atoms with Gasteiger partial charge in [-0.15, -0.1) is 0 Å². The lowest BCUT2D eigenvalue weighted by molar-refractivity contribution is 0.273. The van der Waals surface area contributed by atoms with Gasteiger partial charge in [0.25, 0.3) is 0 Å². The number of hydrogen-bond donors (Lipinski definition) is 1. The van der Waals surface area contributed by atoms with Gasteiger partial charge in [-0.05, 0) is 36.6 Å². The van der Waals surface area contributed by atoms with Gasteiger partial charge in [0.2, 0.25) is 0 Å². The minimum absolute atomic E-state index is 0.0831. The summed E-state index contributed by atoms with van der Waals surface area (Å²) in [4.78, 5) is 0. The first-order chi connectivity index (χ1) is 7.35. The summed E-state index contributed by atoms with van der Waals surface area (Å²) in [5.74, 6) is 0.672. The molecule has 0 radical (unpaired) electrons. The number of alkyl halides is 1. The molecule has 0 saturated heterocycles. The predicted octanol–water partition coefficient (Wildman–Crippen LogP) is 2.16. The normalized spacial score (nSPS) is 16.7. The zero-order valence-corrected chi connectivity index (χ0v) is 8.24. The molecule has 0 bridgehead atoms. The van der Waals surface area contributed by atoms with Gasteiger partial charge in [-0.2, -0.15) is 0 Å². The van der Waals surface area contributed by atoms with Crippen LogP contribution in [-0.2, 0) is 6.42 Å². The van der Waals surface area contributed by atoms with Crippen LogP contribution in [0.2, 0.25) is 0 Å². The highest BCUT2D eigenvalue weighted by Gasteiger charge is 2.18. The topological polar surface area (TPSA) is 41.8 Å². The van der Waals surface area contributed by atoms with Crippen molar-refractivity contribution >= 4 is 5.71 Å². The number of oxime groups is 1. The smallest absolute Gasteiger partial charge is 0.123 e. The summed E-state index contributed by atoms with van der Waals surface area (Å²) in [7, 11) is 0. The molecule has 3 nitrogen and oxygen atoms in total. The number of benzene rings is 1. The van der Waals surface area contributed by atoms with Gasteiger partial charge in [-0.3, -0.25) is 0 Å². The fraction of sp³-hybridized carbons (Fsp3) is 0.364. The molecule has 15 heavy (non-hydrogen) atoms. The number of fused-ring (bicyclic) bond motifs is 1. The summed E-state index contributed by atoms with van der Waals surface area (Å²) in [5.41, 5.74) is 2.77. The molecule has 1 aromatic carbocycles. The Kier molecular flexibility index (Phi) is 2.85. The highest BCUT2D eigenvalue weighted by Crippen LogP contribution is 2.26. The van der Waals surface area contributed by atoms with E-state index in [0.29, 0.717) is 11.5 Å². The largest absolute Gasteiger partial charge is 0.491 e. The van der Waals surface area contributed by atoms with E-state index in [1.54, 1.807) is 6.07 Å². The molecule has 2 rings (SSSR count). The number of halogens is 1. The highest BCUT2D eigenvalue weighted by molar-refractivity contribution is 6.04. The first-order valence-corrected chi connectivity index (χ1v) is 4.88. The summed E-state index contributed by atoms with van der Waals surface area (Å²) < 4.78 is 17.1. The van der Waals surface area contributed by atoms with Gasteiger partial charge >= 0.3 is 0 Å². The van der Waals surface area contributed by atoms with Crippen molar-refractivity contribution in [3.05, 3.63) is 29.3 Å². The minimum Gasteiger partial charge on any atom is -0.491 e. The van der Waals surface area contributed by atoms with E-state index in [0.717, 1.165) is 24.0 Å². The Balaban J connectivity index is 2.21. The van der Waals surface area contributed by atoms with Gasteiger partial charge < -0.3 is 9.94 Å². The van der Waals surface area contributed by atoms with Crippen LogP contribution in [0.1, 0.15) is 17.5 Å². The summed E-state index contributed by atoms with van der Waals surface area (Å²) in [6, 6.07) is 5.50. The van der Waals surface area contributed by atoms with E-state index in [2.05, 4.69) is 5.16 Å². The van der Waals surface area contributed by atoms with E-state index in [1.165, 1.54) is 0 Å². The molecule has 0 spiro atoms. The Labute approximate surface area is 87.2 Å². The third-order valence-electron chi connectivity index (χ3n) is 2.49. The molecule has 0 saturated carbocycles. The molecule has 1 aliphatic carbocycles. The van der Waals surface area contributed by atoms with Crippen LogP contribution < -0.4 is 4.74 Å². The van der Waals surface area contributed by atoms with E-state index in [1.807, 2.05) is 12.1 Å². The monoisotopic (exact) mass is 209 g/mol. The average molecular weight is 209 g/mol. The lowest BCUT2D eigenvalue weighted by Gasteiger charge is -2.05. The first kappa shape index (κ1) is 9.96. The van der Waals surface area contributed by atoms with Gasteiger partial charge in [0.15, 0.2) is 0 Å². The summed E-state index contributed by atoms with van der Waals surface area (Å²) in [5, 5.41) is 12.0. The van der Waals surface area contributed by atoms with E-state index < -0.39 is 6.67 Å². The van der Waals surface area contributed by atoms with E-state index in [9.17, 15) is 4.39 Å². The zero-order valence-electron chi connectivity index (χ0n) is 8.24. The fourth-order valence-electron chi connectivity index (χ4n) is 1.80. The van der Waals surface area contributed by atoms with Crippen molar-refractivity contribution in [1.29, 1.82) is 0 Å². The lowest BCUT2D eigenvalue weighted by Crippen LogP contribution is -1.99. The highest BCUT2D eigenvalue weighted by atomic mass is 19.1. The Hall–Kier alpha value is -1.58. The van der Waals surface area contributed by atoms with Gasteiger partial charge in [0, 0.05) is 5.56 Å². The molecular weight excluding hydrogens is 197 g/mol. The standard InChI is InChI=1S/C11H12FNO2/c12-5-6-15-9-2-3-10-8(7-9)1-4-11(10)13-14/h2-3,7,14H,1,4-6H2/b13-11-. The Bertz CT molecular complexity index is 390. The lowest BCUT2D eigenvalue weighted by atomic mass is 10.1. The summed E-state index contributed by atoms with van der Waals surface area (Å²) >= 11 is 0. The maximum Gasteiger partial charge on any atom is 0.123 e. The van der Waals surface area contributed by atoms with E-state index in [-0.39, 0.29) is 6.61 Å². The van der Waals surface area contributed by atoms with Crippen molar-refractivity contribution in [2.75, 3.05) is 13.3 Å². The van der Waals surface area contributed by atoms with Crippen LogP contribution in [0.15, 0.2) is 23.4 Å². The van der Waals surface area contributed by atoms with Crippen molar-refractivity contribution < 1.29 is 14.3 Å². The van der Waals surface area contributed by atoms with Gasteiger partial charge in [0.05, 0.1) is 5.71 Å². The molecule has 0 aromatic heterocycles. The van der Waals surface area contributed by atoms with Crippen molar-refractivity contribution in [3.8, 4) is 5.75 Å². The third-order valence-corrected chi connectivity index (χ3v) is 2.49. The van der Waals surface area contributed by atoms with Crippen LogP contribution >= 0.6 is 0 Å². The molecule has 0 atom stereocenters. The molecule has 0 unspecified atom stereocenters. The summed E-state index contributed by atoms with van der Waals surface area (Å²) in [6.45, 7) is -0.403. The van der Waals surface area contributed by atoms with Crippen molar-refractivity contribution in [3.63, 3.8) is 0 Å². The summed E-state index contributed by atoms with van der Waals surface area (Å²) in [6.07, 6.45) is 1.60. The van der Waals surface area contributed by atoms with E-state index >= 15 is 0 Å². The van der Waals surface area contributed by atoms with E-state index in [4.69, 9.17) is 9.94 Å². The number of ether oxygens (including phenoxy) is 1. The molecular formula is C11H12FNO2. The zero-order chi connectivity index (χ0) is 10.7. The SMILES string of the molecule is O/N=C1/CCc2cc(OCCF)ccc21. The Morgan fingerprint density at radius 3 is 3.00 bits per heavy atom. The molecule has 4 heteroatoms. The van der Waals surface area contributed by atoms with Crippen LogP contribution in [0.25, 0.3) is 0 Å². The Morgan fingerprint density at radius 2 is 2.27 bits per heavy atom. The number of rotatable bonds is 3. The average Bonchev–Trinajstić information content (AvgIpc) is 2.68. The molecule has 80 valence electrons. The molecule has 0 fully saturated rings. The van der Waals surface area contributed by atoms with Crippen LogP contribution in [-0.4, -0.2) is 24.2 Å². The molecule has 0 heterocycles. The van der Waals surface area contributed by atoms with Gasteiger partial charge in [-0.25, -0.2) is 4.39 Å². The minimum atomic E-state index is -0.486. The van der Waals surface area contributed by atoms with Crippen molar-refractivity contribution in [2.24, 2.45) is 5.16 Å². The Morgan fingerprint density at radius 1 is 1.40 bits per heavy atom. The second-order valence-corrected chi connectivity index (χ2v) is 3.40. The van der Waals surface area contributed by atoms with Crippen LogP contribution in [0.4, 0.5) is 4.39 Å². The maximum atomic E-state index is 11.9. The van der Waals surface area contributed by atoms with Gasteiger partial charge in [0.1, 0.15) is 19.0 Å².